The Morgan fingerprint density at radius 1 is 0.977 bits per heavy atom. The topological polar surface area (TPSA) is 135 Å². The number of carbonyl (C=O) groups excluding carboxylic acids is 2. The summed E-state index contributed by atoms with van der Waals surface area (Å²) in [6.07, 6.45) is 4.75. The Balaban J connectivity index is 1.33. The molecule has 0 bridgehead atoms. The maximum atomic E-state index is 15.8. The van der Waals surface area contributed by atoms with Gasteiger partial charge in [-0.15, -0.1) is 0 Å². The molecule has 2 aliphatic heterocycles. The molecule has 2 amide bonds. The fourth-order valence-corrected chi connectivity index (χ4v) is 6.51. The molecule has 2 N–H and O–H groups in total. The van der Waals surface area contributed by atoms with Crippen LogP contribution in [0.5, 0.6) is 5.88 Å². The first-order valence-electron chi connectivity index (χ1n) is 13.1. The van der Waals surface area contributed by atoms with Crippen LogP contribution in [0.3, 0.4) is 0 Å². The molecule has 0 saturated carbocycles. The zero-order valence-electron chi connectivity index (χ0n) is 22.7. The SMILES string of the molecule is COc1cnc(C(=O)Nc2ccc(F)c([C@]34CN(c5ncc(F)cn5)C[C@@H]3CN=C(NC(=O)c3ccccc3)S4)c2)cn1. The highest BCUT2D eigenvalue weighted by Gasteiger charge is 2.53. The van der Waals surface area contributed by atoms with Gasteiger partial charge < -0.3 is 20.3 Å². The van der Waals surface area contributed by atoms with E-state index < -0.39 is 22.3 Å². The zero-order chi connectivity index (χ0) is 30.0. The number of aromatic nitrogens is 4. The number of benzene rings is 2. The van der Waals surface area contributed by atoms with Gasteiger partial charge in [0.25, 0.3) is 11.8 Å². The predicted molar refractivity (Wildman–Crippen MR) is 156 cm³/mol. The van der Waals surface area contributed by atoms with Gasteiger partial charge in [-0.3, -0.25) is 14.6 Å². The van der Waals surface area contributed by atoms with Gasteiger partial charge in [-0.25, -0.2) is 28.7 Å². The molecular weight excluding hydrogens is 578 g/mol. The Morgan fingerprint density at radius 3 is 2.49 bits per heavy atom. The number of carbonyl (C=O) groups is 2. The number of thioether (sulfide) groups is 1. The molecule has 1 saturated heterocycles. The van der Waals surface area contributed by atoms with E-state index in [9.17, 15) is 14.0 Å². The van der Waals surface area contributed by atoms with Gasteiger partial charge in [0.1, 0.15) is 11.5 Å². The third kappa shape index (κ3) is 5.73. The Morgan fingerprint density at radius 2 is 1.77 bits per heavy atom. The van der Waals surface area contributed by atoms with E-state index in [0.29, 0.717) is 28.5 Å². The molecule has 2 atom stereocenters. The van der Waals surface area contributed by atoms with Crippen molar-refractivity contribution in [1.82, 2.24) is 25.3 Å². The zero-order valence-corrected chi connectivity index (χ0v) is 23.5. The van der Waals surface area contributed by atoms with E-state index >= 15 is 4.39 Å². The Hall–Kier alpha value is -4.98. The van der Waals surface area contributed by atoms with E-state index in [1.807, 2.05) is 11.0 Å². The van der Waals surface area contributed by atoms with Crippen LogP contribution in [-0.4, -0.2) is 63.7 Å². The van der Waals surface area contributed by atoms with Crippen molar-refractivity contribution in [2.24, 2.45) is 10.9 Å². The number of ether oxygens (including phenoxy) is 1. The van der Waals surface area contributed by atoms with Gasteiger partial charge in [0.15, 0.2) is 11.0 Å². The fraction of sp³-hybridized carbons (Fsp3) is 0.207. The van der Waals surface area contributed by atoms with Gasteiger partial charge in [0, 0.05) is 42.4 Å². The number of nitrogens with zero attached hydrogens (tertiary/aromatic N) is 6. The van der Waals surface area contributed by atoms with Gasteiger partial charge in [0.2, 0.25) is 11.8 Å². The van der Waals surface area contributed by atoms with Crippen LogP contribution >= 0.6 is 11.8 Å². The van der Waals surface area contributed by atoms with Crippen LogP contribution in [0.2, 0.25) is 0 Å². The van der Waals surface area contributed by atoms with Gasteiger partial charge in [-0.05, 0) is 30.3 Å². The lowest BCUT2D eigenvalue weighted by molar-refractivity contribution is 0.0976. The number of fused-ring (bicyclic) bond motifs is 1. The van der Waals surface area contributed by atoms with Crippen molar-refractivity contribution in [3.8, 4) is 5.88 Å². The van der Waals surface area contributed by atoms with E-state index in [4.69, 9.17) is 4.74 Å². The Labute approximate surface area is 248 Å². The number of hydrogen-bond donors (Lipinski definition) is 2. The molecule has 0 spiro atoms. The van der Waals surface area contributed by atoms with Crippen LogP contribution in [0.1, 0.15) is 26.4 Å². The fourth-order valence-electron chi connectivity index (χ4n) is 5.08. The number of methoxy groups -OCH3 is 1. The minimum Gasteiger partial charge on any atom is -0.480 e. The van der Waals surface area contributed by atoms with E-state index in [1.54, 1.807) is 30.3 Å². The van der Waals surface area contributed by atoms with Crippen LogP contribution in [0.25, 0.3) is 0 Å². The molecule has 2 aromatic carbocycles. The molecule has 0 aliphatic carbocycles. The standard InChI is InChI=1S/C29H24F2N8O3S/c1-42-24-14-32-23(13-33-24)26(41)37-20-7-8-22(31)21(9-20)29-16-39(27-34-11-19(30)12-35-27)15-18(29)10-36-28(43-29)38-25(40)17-5-3-2-4-6-17/h2-9,11-14,18H,10,15-16H2,1H3,(H,37,41)(H,36,38,40)/t18-,29-/m0/s1. The predicted octanol–water partition coefficient (Wildman–Crippen LogP) is 3.67. The third-order valence-electron chi connectivity index (χ3n) is 7.16. The summed E-state index contributed by atoms with van der Waals surface area (Å²) in [5.74, 6) is -1.66. The second kappa shape index (κ2) is 11.7. The summed E-state index contributed by atoms with van der Waals surface area (Å²) < 4.78 is 33.4. The lowest BCUT2D eigenvalue weighted by atomic mass is 9.87. The van der Waals surface area contributed by atoms with E-state index in [0.717, 1.165) is 12.4 Å². The number of amidine groups is 1. The summed E-state index contributed by atoms with van der Waals surface area (Å²) in [5.41, 5.74) is 1.13. The van der Waals surface area contributed by atoms with Gasteiger partial charge in [0.05, 0.1) is 36.6 Å². The number of halogens is 2. The van der Waals surface area contributed by atoms with Crippen molar-refractivity contribution >= 4 is 40.4 Å². The van der Waals surface area contributed by atoms with Crippen molar-refractivity contribution < 1.29 is 23.1 Å². The van der Waals surface area contributed by atoms with Crippen molar-refractivity contribution in [3.05, 3.63) is 102 Å². The summed E-state index contributed by atoms with van der Waals surface area (Å²) in [6, 6.07) is 13.0. The second-order valence-electron chi connectivity index (χ2n) is 9.83. The first-order chi connectivity index (χ1) is 20.8. The average Bonchev–Trinajstić information content (AvgIpc) is 3.42. The van der Waals surface area contributed by atoms with Crippen LogP contribution in [0, 0.1) is 17.6 Å². The molecule has 2 aromatic heterocycles. The molecule has 14 heteroatoms. The highest BCUT2D eigenvalue weighted by molar-refractivity contribution is 8.14. The van der Waals surface area contributed by atoms with Crippen molar-refractivity contribution in [3.63, 3.8) is 0 Å². The monoisotopic (exact) mass is 602 g/mol. The number of anilines is 2. The number of nitrogens with one attached hydrogen (secondary N) is 2. The van der Waals surface area contributed by atoms with E-state index in [1.165, 1.54) is 43.4 Å². The molecule has 0 unspecified atom stereocenters. The quantitative estimate of drug-likeness (QED) is 0.339. The van der Waals surface area contributed by atoms with Crippen molar-refractivity contribution in [1.29, 1.82) is 0 Å². The molecule has 0 radical (unpaired) electrons. The molecule has 1 fully saturated rings. The maximum Gasteiger partial charge on any atom is 0.275 e. The molecule has 218 valence electrons. The second-order valence-corrected chi connectivity index (χ2v) is 11.1. The third-order valence-corrected chi connectivity index (χ3v) is 8.63. The van der Waals surface area contributed by atoms with E-state index in [2.05, 4.69) is 35.6 Å². The van der Waals surface area contributed by atoms with Crippen LogP contribution in [-0.2, 0) is 4.75 Å². The summed E-state index contributed by atoms with van der Waals surface area (Å²) >= 11 is 1.23. The van der Waals surface area contributed by atoms with E-state index in [-0.39, 0.29) is 42.4 Å². The molecule has 43 heavy (non-hydrogen) atoms. The smallest absolute Gasteiger partial charge is 0.275 e. The average molecular weight is 603 g/mol. The maximum absolute atomic E-state index is 15.8. The van der Waals surface area contributed by atoms with Crippen LogP contribution < -0.4 is 20.3 Å². The van der Waals surface area contributed by atoms with Crippen LogP contribution in [0.15, 0.2) is 78.3 Å². The number of aliphatic imine (C=N–C) groups is 1. The number of amides is 2. The summed E-state index contributed by atoms with van der Waals surface area (Å²) in [6.45, 7) is 0.901. The number of rotatable bonds is 6. The lowest BCUT2D eigenvalue weighted by Gasteiger charge is -2.37. The number of hydrogen-bond acceptors (Lipinski definition) is 10. The van der Waals surface area contributed by atoms with Gasteiger partial charge in [-0.1, -0.05) is 30.0 Å². The lowest BCUT2D eigenvalue weighted by Crippen LogP contribution is -2.43. The summed E-state index contributed by atoms with van der Waals surface area (Å²) in [5, 5.41) is 5.94. The molecule has 11 nitrogen and oxygen atoms in total. The molecule has 6 rings (SSSR count). The van der Waals surface area contributed by atoms with Crippen LogP contribution in [0.4, 0.5) is 20.4 Å². The molecule has 2 aliphatic rings. The first kappa shape index (κ1) is 28.2. The summed E-state index contributed by atoms with van der Waals surface area (Å²) in [4.78, 5) is 48.6. The van der Waals surface area contributed by atoms with Gasteiger partial charge in [-0.2, -0.15) is 0 Å². The normalized spacial score (nSPS) is 19.3. The highest BCUT2D eigenvalue weighted by Crippen LogP contribution is 2.52. The first-order valence-corrected chi connectivity index (χ1v) is 14.0. The van der Waals surface area contributed by atoms with Crippen molar-refractivity contribution in [2.75, 3.05) is 37.0 Å². The largest absolute Gasteiger partial charge is 0.480 e. The highest BCUT2D eigenvalue weighted by atomic mass is 32.2. The minimum absolute atomic E-state index is 0.0494. The van der Waals surface area contributed by atoms with Gasteiger partial charge >= 0.3 is 0 Å². The Kier molecular flexibility index (Phi) is 7.67. The van der Waals surface area contributed by atoms with Crippen molar-refractivity contribution in [2.45, 2.75) is 4.75 Å². The minimum atomic E-state index is -0.969. The summed E-state index contributed by atoms with van der Waals surface area (Å²) in [7, 11) is 1.44. The Bertz CT molecular complexity index is 1690. The molecular formula is C29H24F2N8O3S. The molecule has 4 aromatic rings. The molecule has 4 heterocycles.